The van der Waals surface area contributed by atoms with E-state index in [1.165, 1.54) is 5.57 Å². The molecule has 0 aliphatic heterocycles. The van der Waals surface area contributed by atoms with Crippen LogP contribution in [-0.2, 0) is 4.79 Å². The van der Waals surface area contributed by atoms with Crippen LogP contribution < -0.4 is 10.4 Å². The molecule has 0 radical (unpaired) electrons. The molecular weight excluding hydrogens is 200 g/mol. The van der Waals surface area contributed by atoms with Crippen LogP contribution in [0, 0.1) is 0 Å². The van der Waals surface area contributed by atoms with E-state index in [0.29, 0.717) is 12.0 Å². The molecule has 2 nitrogen and oxygen atoms in total. The minimum atomic E-state index is -0.820. The summed E-state index contributed by atoms with van der Waals surface area (Å²) in [6.45, 7) is 0. The van der Waals surface area contributed by atoms with Gasteiger partial charge < -0.3 is 5.11 Å². The predicted octanol–water partition coefficient (Wildman–Crippen LogP) is 0.973. The maximum atomic E-state index is 11.2. The molecule has 0 aromatic heterocycles. The van der Waals surface area contributed by atoms with Crippen LogP contribution in [0.4, 0.5) is 0 Å². The van der Waals surface area contributed by atoms with Crippen LogP contribution in [-0.4, -0.2) is 11.1 Å². The Morgan fingerprint density at radius 1 is 1.19 bits per heavy atom. The minimum Gasteiger partial charge on any atom is -0.478 e. The molecule has 0 saturated carbocycles. The SMILES string of the molecule is O=C(O)C1=c2ccccc2=C2C=CC=C2C1. The van der Waals surface area contributed by atoms with Gasteiger partial charge in [0.2, 0.25) is 0 Å². The molecule has 1 aromatic rings. The predicted molar refractivity (Wildman–Crippen MR) is 62.0 cm³/mol. The van der Waals surface area contributed by atoms with Crippen molar-refractivity contribution in [2.45, 2.75) is 6.42 Å². The van der Waals surface area contributed by atoms with Gasteiger partial charge in [0.05, 0.1) is 0 Å². The molecule has 0 unspecified atom stereocenters. The van der Waals surface area contributed by atoms with Crippen molar-refractivity contribution in [2.75, 3.05) is 0 Å². The van der Waals surface area contributed by atoms with Gasteiger partial charge in [-0.05, 0) is 21.6 Å². The Morgan fingerprint density at radius 2 is 1.94 bits per heavy atom. The Labute approximate surface area is 92.5 Å². The fraction of sp³-hybridized carbons (Fsp3) is 0.0714. The summed E-state index contributed by atoms with van der Waals surface area (Å²) >= 11 is 0. The Kier molecular flexibility index (Phi) is 1.83. The third-order valence-corrected chi connectivity index (χ3v) is 3.07. The van der Waals surface area contributed by atoms with E-state index < -0.39 is 5.97 Å². The second-order valence-electron chi connectivity index (χ2n) is 3.97. The minimum absolute atomic E-state index is 0.495. The van der Waals surface area contributed by atoms with Gasteiger partial charge in [0.15, 0.2) is 0 Å². The summed E-state index contributed by atoms with van der Waals surface area (Å²) in [7, 11) is 0. The van der Waals surface area contributed by atoms with Crippen LogP contribution in [0.25, 0.3) is 11.1 Å². The number of fused-ring (bicyclic) bond motifs is 2. The third kappa shape index (κ3) is 1.16. The third-order valence-electron chi connectivity index (χ3n) is 3.07. The zero-order valence-corrected chi connectivity index (χ0v) is 8.60. The molecule has 2 aliphatic carbocycles. The van der Waals surface area contributed by atoms with Crippen molar-refractivity contribution in [3.63, 3.8) is 0 Å². The largest absolute Gasteiger partial charge is 0.478 e. The first-order chi connectivity index (χ1) is 7.77. The molecule has 0 atom stereocenters. The van der Waals surface area contributed by atoms with Crippen LogP contribution in [0.2, 0.25) is 0 Å². The molecule has 1 aromatic carbocycles. The van der Waals surface area contributed by atoms with Crippen molar-refractivity contribution >= 4 is 17.1 Å². The molecule has 0 amide bonds. The van der Waals surface area contributed by atoms with Gasteiger partial charge in [0.25, 0.3) is 0 Å². The van der Waals surface area contributed by atoms with E-state index >= 15 is 0 Å². The van der Waals surface area contributed by atoms with Crippen LogP contribution in [0.1, 0.15) is 6.42 Å². The van der Waals surface area contributed by atoms with Gasteiger partial charge in [-0.15, -0.1) is 0 Å². The first-order valence-electron chi connectivity index (χ1n) is 5.21. The standard InChI is InChI=1S/C14H10O2/c15-14(16)13-8-9-4-3-7-10(9)11-5-1-2-6-12(11)13/h1-7H,8H2,(H,15,16). The van der Waals surface area contributed by atoms with Crippen molar-refractivity contribution in [1.29, 1.82) is 0 Å². The highest BCUT2D eigenvalue weighted by molar-refractivity contribution is 6.11. The normalized spacial score (nSPS) is 16.9. The van der Waals surface area contributed by atoms with Gasteiger partial charge in [-0.2, -0.15) is 0 Å². The lowest BCUT2D eigenvalue weighted by atomic mass is 9.91. The van der Waals surface area contributed by atoms with Gasteiger partial charge >= 0.3 is 5.97 Å². The molecule has 2 aliphatic rings. The maximum Gasteiger partial charge on any atom is 0.332 e. The highest BCUT2D eigenvalue weighted by Gasteiger charge is 2.19. The average molecular weight is 210 g/mol. The van der Waals surface area contributed by atoms with E-state index in [2.05, 4.69) is 0 Å². The molecule has 0 spiro atoms. The number of hydrogen-bond donors (Lipinski definition) is 1. The Bertz CT molecular complexity index is 660. The molecule has 2 heteroatoms. The number of carboxylic acid groups (broad SMARTS) is 1. The molecule has 78 valence electrons. The summed E-state index contributed by atoms with van der Waals surface area (Å²) < 4.78 is 0. The maximum absolute atomic E-state index is 11.2. The molecule has 16 heavy (non-hydrogen) atoms. The quantitative estimate of drug-likeness (QED) is 0.750. The number of allylic oxidation sites excluding steroid dienone is 4. The van der Waals surface area contributed by atoms with Crippen LogP contribution in [0.5, 0.6) is 0 Å². The summed E-state index contributed by atoms with van der Waals surface area (Å²) in [5, 5.41) is 11.1. The molecule has 3 rings (SSSR count). The van der Waals surface area contributed by atoms with Crippen molar-refractivity contribution in [3.05, 3.63) is 58.5 Å². The smallest absolute Gasteiger partial charge is 0.332 e. The van der Waals surface area contributed by atoms with Crippen molar-refractivity contribution in [1.82, 2.24) is 0 Å². The molecule has 0 bridgehead atoms. The van der Waals surface area contributed by atoms with Gasteiger partial charge in [-0.1, -0.05) is 42.5 Å². The van der Waals surface area contributed by atoms with Crippen molar-refractivity contribution in [2.24, 2.45) is 0 Å². The fourth-order valence-corrected chi connectivity index (χ4v) is 2.33. The highest BCUT2D eigenvalue weighted by atomic mass is 16.4. The molecule has 0 saturated heterocycles. The van der Waals surface area contributed by atoms with Gasteiger partial charge in [-0.3, -0.25) is 0 Å². The zero-order chi connectivity index (χ0) is 11.1. The van der Waals surface area contributed by atoms with E-state index in [1.807, 2.05) is 42.5 Å². The molecule has 0 fully saturated rings. The summed E-state index contributed by atoms with van der Waals surface area (Å²) in [6.07, 6.45) is 6.54. The lowest BCUT2D eigenvalue weighted by Crippen LogP contribution is -2.34. The van der Waals surface area contributed by atoms with Crippen LogP contribution in [0.15, 0.2) is 48.1 Å². The second kappa shape index (κ2) is 3.20. The van der Waals surface area contributed by atoms with E-state index in [4.69, 9.17) is 0 Å². The molecular formula is C14H10O2. The average Bonchev–Trinajstić information content (AvgIpc) is 2.75. The molecule has 0 heterocycles. The lowest BCUT2D eigenvalue weighted by Gasteiger charge is -2.13. The number of carbonyl (C=O) groups is 1. The van der Waals surface area contributed by atoms with Gasteiger partial charge in [-0.25, -0.2) is 4.79 Å². The number of hydrogen-bond acceptors (Lipinski definition) is 1. The van der Waals surface area contributed by atoms with Crippen molar-refractivity contribution < 1.29 is 9.90 Å². The first-order valence-corrected chi connectivity index (χ1v) is 5.21. The topological polar surface area (TPSA) is 37.3 Å². The summed E-state index contributed by atoms with van der Waals surface area (Å²) in [4.78, 5) is 11.2. The zero-order valence-electron chi connectivity index (χ0n) is 8.60. The molecule has 1 N–H and O–H groups in total. The Balaban J connectivity index is 2.52. The Morgan fingerprint density at radius 3 is 2.69 bits per heavy atom. The Hall–Kier alpha value is -2.09. The number of carboxylic acids is 1. The monoisotopic (exact) mass is 210 g/mol. The lowest BCUT2D eigenvalue weighted by molar-refractivity contribution is -0.130. The number of benzene rings is 1. The van der Waals surface area contributed by atoms with Crippen LogP contribution in [0.3, 0.4) is 0 Å². The number of rotatable bonds is 1. The van der Waals surface area contributed by atoms with Gasteiger partial charge in [0, 0.05) is 12.0 Å². The fourth-order valence-electron chi connectivity index (χ4n) is 2.33. The van der Waals surface area contributed by atoms with Gasteiger partial charge in [0.1, 0.15) is 0 Å². The highest BCUT2D eigenvalue weighted by Crippen LogP contribution is 2.26. The van der Waals surface area contributed by atoms with E-state index in [1.54, 1.807) is 0 Å². The first kappa shape index (κ1) is 9.16. The second-order valence-corrected chi connectivity index (χ2v) is 3.97. The van der Waals surface area contributed by atoms with E-state index in [9.17, 15) is 9.90 Å². The summed E-state index contributed by atoms with van der Waals surface area (Å²) in [5.41, 5.74) is 2.77. The number of aliphatic carboxylic acids is 1. The van der Waals surface area contributed by atoms with E-state index in [0.717, 1.165) is 16.0 Å². The van der Waals surface area contributed by atoms with E-state index in [-0.39, 0.29) is 0 Å². The summed E-state index contributed by atoms with van der Waals surface area (Å²) in [5.74, 6) is -0.820. The van der Waals surface area contributed by atoms with Crippen LogP contribution >= 0.6 is 0 Å². The van der Waals surface area contributed by atoms with Crippen molar-refractivity contribution in [3.8, 4) is 0 Å². The summed E-state index contributed by atoms with van der Waals surface area (Å²) in [6, 6.07) is 7.70.